The fourth-order valence-electron chi connectivity index (χ4n) is 1.65. The molecule has 2 N–H and O–H groups in total. The number of benzene rings is 1. The topological polar surface area (TPSA) is 90.9 Å². The summed E-state index contributed by atoms with van der Waals surface area (Å²) < 4.78 is 1.69. The molecular weight excluding hydrogens is 244 g/mol. The Kier molecular flexibility index (Phi) is 3.78. The van der Waals surface area contributed by atoms with Gasteiger partial charge in [-0.1, -0.05) is 12.1 Å². The first kappa shape index (κ1) is 12.6. The average Bonchev–Trinajstić information content (AvgIpc) is 2.88. The lowest BCUT2D eigenvalue weighted by Crippen LogP contribution is -2.10. The monoisotopic (exact) mass is 256 g/mol. The maximum absolute atomic E-state index is 10.7. The molecule has 0 aliphatic heterocycles. The second kappa shape index (κ2) is 5.69. The van der Waals surface area contributed by atoms with E-state index in [2.05, 4.69) is 16.4 Å². The molecule has 6 heteroatoms. The third kappa shape index (κ3) is 3.10. The van der Waals surface area contributed by atoms with Gasteiger partial charge in [0.25, 0.3) is 0 Å². The fourth-order valence-corrected chi connectivity index (χ4v) is 1.65. The fraction of sp³-hybridized carbons (Fsp3) is 0.154. The van der Waals surface area contributed by atoms with Gasteiger partial charge < -0.3 is 15.0 Å². The summed E-state index contributed by atoms with van der Waals surface area (Å²) in [6.45, 7) is 1.15. The van der Waals surface area contributed by atoms with Gasteiger partial charge in [-0.25, -0.2) is 9.78 Å². The number of anilines is 1. The number of carbonyl (C=O) groups is 1. The van der Waals surface area contributed by atoms with E-state index < -0.39 is 5.97 Å². The number of rotatable bonds is 5. The molecule has 0 unspecified atom stereocenters. The van der Waals surface area contributed by atoms with E-state index in [1.54, 1.807) is 16.7 Å². The third-order valence-corrected chi connectivity index (χ3v) is 2.59. The predicted molar refractivity (Wildman–Crippen MR) is 68.8 cm³/mol. The first-order valence-electron chi connectivity index (χ1n) is 5.69. The Morgan fingerprint density at radius 1 is 1.47 bits per heavy atom. The minimum absolute atomic E-state index is 0.0254. The van der Waals surface area contributed by atoms with Crippen molar-refractivity contribution in [1.29, 1.82) is 5.26 Å². The first-order valence-corrected chi connectivity index (χ1v) is 5.69. The quantitative estimate of drug-likeness (QED) is 0.847. The Morgan fingerprint density at radius 2 is 2.26 bits per heavy atom. The summed E-state index contributed by atoms with van der Waals surface area (Å²) in [6.07, 6.45) is 2.95. The van der Waals surface area contributed by atoms with Crippen molar-refractivity contribution in [2.45, 2.75) is 6.54 Å². The number of aromatic carboxylic acids is 1. The van der Waals surface area contributed by atoms with Crippen molar-refractivity contribution in [2.75, 3.05) is 11.9 Å². The normalized spacial score (nSPS) is 9.84. The standard InChI is InChI=1S/C13H12N4O2/c14-7-10-3-1-2-4-11(10)15-5-6-17-8-12(13(18)19)16-9-17/h1-4,8-9,15H,5-6H2,(H,18,19). The zero-order chi connectivity index (χ0) is 13.7. The molecule has 0 spiro atoms. The molecule has 1 aromatic heterocycles. The number of carboxylic acid groups (broad SMARTS) is 1. The molecule has 0 saturated heterocycles. The molecule has 96 valence electrons. The largest absolute Gasteiger partial charge is 0.476 e. The van der Waals surface area contributed by atoms with Crippen molar-refractivity contribution in [1.82, 2.24) is 9.55 Å². The Bertz CT molecular complexity index is 628. The smallest absolute Gasteiger partial charge is 0.356 e. The summed E-state index contributed by atoms with van der Waals surface area (Å²) in [7, 11) is 0. The van der Waals surface area contributed by atoms with Crippen LogP contribution in [0.3, 0.4) is 0 Å². The molecule has 0 bridgehead atoms. The molecule has 0 fully saturated rings. The number of para-hydroxylation sites is 1. The molecule has 0 atom stereocenters. The van der Waals surface area contributed by atoms with E-state index in [9.17, 15) is 4.79 Å². The Labute approximate surface area is 109 Å². The second-order valence-corrected chi connectivity index (χ2v) is 3.89. The molecule has 19 heavy (non-hydrogen) atoms. The van der Waals surface area contributed by atoms with Gasteiger partial charge in [0.15, 0.2) is 5.69 Å². The van der Waals surface area contributed by atoms with Crippen molar-refractivity contribution in [3.8, 4) is 6.07 Å². The van der Waals surface area contributed by atoms with Gasteiger partial charge in [0, 0.05) is 19.3 Å². The highest BCUT2D eigenvalue weighted by Crippen LogP contribution is 2.12. The second-order valence-electron chi connectivity index (χ2n) is 3.89. The molecule has 2 aromatic rings. The van der Waals surface area contributed by atoms with Crippen molar-refractivity contribution in [3.05, 3.63) is 48.0 Å². The van der Waals surface area contributed by atoms with Gasteiger partial charge >= 0.3 is 5.97 Å². The molecule has 0 amide bonds. The van der Waals surface area contributed by atoms with Crippen LogP contribution in [0.5, 0.6) is 0 Å². The summed E-state index contributed by atoms with van der Waals surface area (Å²) in [5.41, 5.74) is 1.38. The van der Waals surface area contributed by atoms with Gasteiger partial charge in [0.1, 0.15) is 6.07 Å². The molecule has 0 aliphatic carbocycles. The number of hydrogen-bond donors (Lipinski definition) is 2. The maximum Gasteiger partial charge on any atom is 0.356 e. The van der Waals surface area contributed by atoms with Gasteiger partial charge in [-0.05, 0) is 12.1 Å². The first-order chi connectivity index (χ1) is 9.20. The Hall–Kier alpha value is -2.81. The minimum Gasteiger partial charge on any atom is -0.476 e. The predicted octanol–water partition coefficient (Wildman–Crippen LogP) is 1.57. The van der Waals surface area contributed by atoms with Gasteiger partial charge in [-0.15, -0.1) is 0 Å². The summed E-state index contributed by atoms with van der Waals surface area (Å²) in [6, 6.07) is 9.33. The summed E-state index contributed by atoms with van der Waals surface area (Å²) in [5.74, 6) is -1.04. The molecular formula is C13H12N4O2. The lowest BCUT2D eigenvalue weighted by atomic mass is 10.2. The summed E-state index contributed by atoms with van der Waals surface area (Å²) >= 11 is 0. The highest BCUT2D eigenvalue weighted by molar-refractivity contribution is 5.84. The Balaban J connectivity index is 1.93. The lowest BCUT2D eigenvalue weighted by Gasteiger charge is -2.08. The van der Waals surface area contributed by atoms with Crippen LogP contribution in [0, 0.1) is 11.3 Å². The molecule has 2 rings (SSSR count). The van der Waals surface area contributed by atoms with E-state index in [1.807, 2.05) is 12.1 Å². The van der Waals surface area contributed by atoms with E-state index in [0.717, 1.165) is 5.69 Å². The van der Waals surface area contributed by atoms with E-state index in [4.69, 9.17) is 10.4 Å². The maximum atomic E-state index is 10.7. The minimum atomic E-state index is -1.04. The number of hydrogen-bond acceptors (Lipinski definition) is 4. The van der Waals surface area contributed by atoms with Crippen LogP contribution in [0.25, 0.3) is 0 Å². The molecule has 1 aromatic carbocycles. The van der Waals surface area contributed by atoms with Crippen LogP contribution in [-0.4, -0.2) is 27.2 Å². The Morgan fingerprint density at radius 3 is 2.95 bits per heavy atom. The van der Waals surface area contributed by atoms with Gasteiger partial charge in [0.2, 0.25) is 0 Å². The van der Waals surface area contributed by atoms with Gasteiger partial charge in [-0.3, -0.25) is 0 Å². The molecule has 0 aliphatic rings. The number of nitrogens with one attached hydrogen (secondary N) is 1. The molecule has 1 heterocycles. The van der Waals surface area contributed by atoms with Crippen LogP contribution in [0.1, 0.15) is 16.1 Å². The van der Waals surface area contributed by atoms with Gasteiger partial charge in [-0.2, -0.15) is 5.26 Å². The van der Waals surface area contributed by atoms with Crippen molar-refractivity contribution in [2.24, 2.45) is 0 Å². The van der Waals surface area contributed by atoms with Crippen LogP contribution in [0.4, 0.5) is 5.69 Å². The zero-order valence-electron chi connectivity index (χ0n) is 10.1. The number of aromatic nitrogens is 2. The average molecular weight is 256 g/mol. The van der Waals surface area contributed by atoms with E-state index in [0.29, 0.717) is 18.7 Å². The van der Waals surface area contributed by atoms with Gasteiger partial charge in [0.05, 0.1) is 17.6 Å². The highest BCUT2D eigenvalue weighted by atomic mass is 16.4. The van der Waals surface area contributed by atoms with Crippen LogP contribution in [-0.2, 0) is 6.54 Å². The van der Waals surface area contributed by atoms with Crippen LogP contribution in [0.15, 0.2) is 36.8 Å². The van der Waals surface area contributed by atoms with Crippen LogP contribution in [0.2, 0.25) is 0 Å². The van der Waals surface area contributed by atoms with E-state index in [-0.39, 0.29) is 5.69 Å². The van der Waals surface area contributed by atoms with Crippen molar-refractivity contribution in [3.63, 3.8) is 0 Å². The van der Waals surface area contributed by atoms with Crippen LogP contribution >= 0.6 is 0 Å². The zero-order valence-corrected chi connectivity index (χ0v) is 10.1. The number of imidazole rings is 1. The molecule has 0 radical (unpaired) electrons. The van der Waals surface area contributed by atoms with Crippen molar-refractivity contribution < 1.29 is 9.90 Å². The molecule has 6 nitrogen and oxygen atoms in total. The van der Waals surface area contributed by atoms with E-state index in [1.165, 1.54) is 12.5 Å². The number of nitriles is 1. The SMILES string of the molecule is N#Cc1ccccc1NCCn1cnc(C(=O)O)c1. The molecule has 0 saturated carbocycles. The highest BCUT2D eigenvalue weighted by Gasteiger charge is 2.06. The van der Waals surface area contributed by atoms with Crippen LogP contribution < -0.4 is 5.32 Å². The summed E-state index contributed by atoms with van der Waals surface area (Å²) in [4.78, 5) is 14.4. The number of nitrogens with zero attached hydrogens (tertiary/aromatic N) is 3. The summed E-state index contributed by atoms with van der Waals surface area (Å²) in [5, 5.41) is 20.8. The van der Waals surface area contributed by atoms with E-state index >= 15 is 0 Å². The third-order valence-electron chi connectivity index (χ3n) is 2.59. The lowest BCUT2D eigenvalue weighted by molar-refractivity contribution is 0.0691. The number of carboxylic acids is 1. The van der Waals surface area contributed by atoms with Crippen molar-refractivity contribution >= 4 is 11.7 Å².